The maximum absolute atomic E-state index is 9.33. The van der Waals surface area contributed by atoms with E-state index >= 15 is 0 Å². The van der Waals surface area contributed by atoms with Gasteiger partial charge in [0.15, 0.2) is 0 Å². The van der Waals surface area contributed by atoms with Crippen LogP contribution < -0.4 is 4.74 Å². The van der Waals surface area contributed by atoms with E-state index in [9.17, 15) is 5.26 Å². The van der Waals surface area contributed by atoms with Gasteiger partial charge in [-0.15, -0.1) is 5.10 Å². The quantitative estimate of drug-likeness (QED) is 0.679. The molecule has 0 aliphatic heterocycles. The van der Waals surface area contributed by atoms with Gasteiger partial charge in [0.2, 0.25) is 5.82 Å². The van der Waals surface area contributed by atoms with E-state index in [1.165, 1.54) is 0 Å². The van der Waals surface area contributed by atoms with E-state index in [2.05, 4.69) is 33.1 Å². The van der Waals surface area contributed by atoms with E-state index in [-0.39, 0.29) is 0 Å². The highest BCUT2D eigenvalue weighted by Crippen LogP contribution is 2.25. The second kappa shape index (κ2) is 7.04. The molecule has 0 amide bonds. The first-order chi connectivity index (χ1) is 11.7. The van der Waals surface area contributed by atoms with Crippen LogP contribution in [0, 0.1) is 30.1 Å². The van der Waals surface area contributed by atoms with Gasteiger partial charge in [0.05, 0.1) is 17.5 Å². The van der Waals surface area contributed by atoms with Crippen molar-refractivity contribution >= 4 is 0 Å². The van der Waals surface area contributed by atoms with Crippen LogP contribution in [0.3, 0.4) is 0 Å². The van der Waals surface area contributed by atoms with Crippen molar-refractivity contribution < 1.29 is 4.74 Å². The summed E-state index contributed by atoms with van der Waals surface area (Å²) in [6, 6.07) is 16.6. The van der Waals surface area contributed by atoms with Gasteiger partial charge < -0.3 is 4.74 Å². The van der Waals surface area contributed by atoms with E-state index in [1.807, 2.05) is 37.3 Å². The molecule has 0 saturated carbocycles. The van der Waals surface area contributed by atoms with E-state index in [4.69, 9.17) is 4.74 Å². The molecule has 114 valence electrons. The summed E-state index contributed by atoms with van der Waals surface area (Å²) >= 11 is 0. The highest BCUT2D eigenvalue weighted by atomic mass is 16.5. The van der Waals surface area contributed by atoms with Crippen LogP contribution in [0.1, 0.15) is 22.6 Å². The number of nitrogens with zero attached hydrogens (tertiary/aromatic N) is 4. The van der Waals surface area contributed by atoms with Crippen LogP contribution in [0.25, 0.3) is 0 Å². The molecule has 3 rings (SSSR count). The standard InChI is InChI=1S/C19H12N4O/c1-14-13-21-23-19(22-14)10-8-15-7-9-18(16(11-15)12-20)24-17-5-3-2-4-6-17/h2-7,9,11,13H,1H3. The number of nitriles is 1. The van der Waals surface area contributed by atoms with Gasteiger partial charge in [-0.3, -0.25) is 0 Å². The van der Waals surface area contributed by atoms with E-state index in [1.54, 1.807) is 24.4 Å². The summed E-state index contributed by atoms with van der Waals surface area (Å²) in [4.78, 5) is 4.17. The number of rotatable bonds is 2. The average molecular weight is 312 g/mol. The highest BCUT2D eigenvalue weighted by molar-refractivity contribution is 5.51. The van der Waals surface area contributed by atoms with Crippen LogP contribution >= 0.6 is 0 Å². The Kier molecular flexibility index (Phi) is 4.46. The van der Waals surface area contributed by atoms with Crippen molar-refractivity contribution in [2.24, 2.45) is 0 Å². The Balaban J connectivity index is 1.86. The van der Waals surface area contributed by atoms with Crippen molar-refractivity contribution in [1.82, 2.24) is 15.2 Å². The Morgan fingerprint density at radius 3 is 2.62 bits per heavy atom. The molecular weight excluding hydrogens is 300 g/mol. The molecule has 1 heterocycles. The molecule has 0 atom stereocenters. The lowest BCUT2D eigenvalue weighted by Gasteiger charge is -2.07. The van der Waals surface area contributed by atoms with Crippen molar-refractivity contribution in [2.45, 2.75) is 6.92 Å². The monoisotopic (exact) mass is 312 g/mol. The predicted molar refractivity (Wildman–Crippen MR) is 88.2 cm³/mol. The van der Waals surface area contributed by atoms with E-state index in [0.29, 0.717) is 28.5 Å². The number of aromatic nitrogens is 3. The first-order valence-electron chi connectivity index (χ1n) is 7.20. The number of benzene rings is 2. The number of ether oxygens (including phenoxy) is 1. The molecule has 0 saturated heterocycles. The minimum Gasteiger partial charge on any atom is -0.456 e. The van der Waals surface area contributed by atoms with Crippen LogP contribution in [0.4, 0.5) is 0 Å². The summed E-state index contributed by atoms with van der Waals surface area (Å²) in [5.74, 6) is 7.28. The van der Waals surface area contributed by atoms with E-state index in [0.717, 1.165) is 5.69 Å². The van der Waals surface area contributed by atoms with Crippen LogP contribution in [0.2, 0.25) is 0 Å². The molecule has 5 nitrogen and oxygen atoms in total. The largest absolute Gasteiger partial charge is 0.456 e. The Morgan fingerprint density at radius 2 is 1.88 bits per heavy atom. The zero-order valence-corrected chi connectivity index (χ0v) is 12.9. The Bertz CT molecular complexity index is 966. The molecule has 5 heteroatoms. The number of hydrogen-bond acceptors (Lipinski definition) is 5. The lowest BCUT2D eigenvalue weighted by atomic mass is 10.1. The van der Waals surface area contributed by atoms with E-state index < -0.39 is 0 Å². The third-order valence-corrected chi connectivity index (χ3v) is 3.07. The fraction of sp³-hybridized carbons (Fsp3) is 0.0526. The smallest absolute Gasteiger partial charge is 0.226 e. The minimum absolute atomic E-state index is 0.345. The molecule has 0 fully saturated rings. The molecule has 0 radical (unpaired) electrons. The van der Waals surface area contributed by atoms with Crippen molar-refractivity contribution in [3.63, 3.8) is 0 Å². The molecule has 2 aromatic carbocycles. The van der Waals surface area contributed by atoms with Gasteiger partial charge >= 0.3 is 0 Å². The molecule has 0 unspecified atom stereocenters. The number of para-hydroxylation sites is 1. The zero-order valence-electron chi connectivity index (χ0n) is 12.9. The van der Waals surface area contributed by atoms with Gasteiger partial charge in [-0.2, -0.15) is 10.4 Å². The Hall–Kier alpha value is -3.70. The van der Waals surface area contributed by atoms with Gasteiger partial charge in [0.25, 0.3) is 0 Å². The average Bonchev–Trinajstić information content (AvgIpc) is 2.62. The van der Waals surface area contributed by atoms with Crippen molar-refractivity contribution in [3.8, 4) is 29.4 Å². The molecule has 0 spiro atoms. The van der Waals surface area contributed by atoms with Crippen LogP contribution in [0.15, 0.2) is 54.7 Å². The Labute approximate surface area is 139 Å². The van der Waals surface area contributed by atoms with Crippen molar-refractivity contribution in [2.75, 3.05) is 0 Å². The topological polar surface area (TPSA) is 71.7 Å². The van der Waals surface area contributed by atoms with Gasteiger partial charge in [0, 0.05) is 5.56 Å². The summed E-state index contributed by atoms with van der Waals surface area (Å²) in [5.41, 5.74) is 1.84. The first-order valence-corrected chi connectivity index (χ1v) is 7.20. The molecule has 0 bridgehead atoms. The maximum Gasteiger partial charge on any atom is 0.226 e. The summed E-state index contributed by atoms with van der Waals surface area (Å²) in [7, 11) is 0. The van der Waals surface area contributed by atoms with Crippen LogP contribution in [-0.4, -0.2) is 15.2 Å². The predicted octanol–water partition coefficient (Wildman–Crippen LogP) is 3.24. The summed E-state index contributed by atoms with van der Waals surface area (Å²) in [5, 5.41) is 17.0. The van der Waals surface area contributed by atoms with Crippen LogP contribution in [0.5, 0.6) is 11.5 Å². The highest BCUT2D eigenvalue weighted by Gasteiger charge is 2.05. The van der Waals surface area contributed by atoms with Gasteiger partial charge in [0.1, 0.15) is 17.6 Å². The second-order valence-corrected chi connectivity index (χ2v) is 4.91. The summed E-state index contributed by atoms with van der Waals surface area (Å²) < 4.78 is 5.73. The molecule has 0 aliphatic carbocycles. The lowest BCUT2D eigenvalue weighted by molar-refractivity contribution is 0.481. The maximum atomic E-state index is 9.33. The van der Waals surface area contributed by atoms with Gasteiger partial charge in [-0.1, -0.05) is 24.1 Å². The van der Waals surface area contributed by atoms with Gasteiger partial charge in [-0.25, -0.2) is 4.98 Å². The number of aryl methyl sites for hydroxylation is 1. The molecule has 24 heavy (non-hydrogen) atoms. The number of hydrogen-bond donors (Lipinski definition) is 0. The molecule has 0 aliphatic rings. The normalized spacial score (nSPS) is 9.50. The molecule has 1 aromatic heterocycles. The fourth-order valence-electron chi connectivity index (χ4n) is 1.97. The summed E-state index contributed by atoms with van der Waals surface area (Å²) in [6.07, 6.45) is 1.56. The Morgan fingerprint density at radius 1 is 1.04 bits per heavy atom. The lowest BCUT2D eigenvalue weighted by Crippen LogP contribution is -1.94. The van der Waals surface area contributed by atoms with Crippen LogP contribution in [-0.2, 0) is 0 Å². The molecular formula is C19H12N4O. The van der Waals surface area contributed by atoms with Crippen molar-refractivity contribution in [1.29, 1.82) is 5.26 Å². The minimum atomic E-state index is 0.345. The third kappa shape index (κ3) is 3.73. The fourth-order valence-corrected chi connectivity index (χ4v) is 1.97. The van der Waals surface area contributed by atoms with Gasteiger partial charge in [-0.05, 0) is 43.2 Å². The molecule has 3 aromatic rings. The summed E-state index contributed by atoms with van der Waals surface area (Å²) in [6.45, 7) is 1.82. The zero-order chi connectivity index (χ0) is 16.8. The van der Waals surface area contributed by atoms with Crippen molar-refractivity contribution in [3.05, 3.63) is 77.4 Å². The molecule has 0 N–H and O–H groups in total. The third-order valence-electron chi connectivity index (χ3n) is 3.07. The second-order valence-electron chi connectivity index (χ2n) is 4.91. The first kappa shape index (κ1) is 15.2. The SMILES string of the molecule is Cc1cnnc(C#Cc2ccc(Oc3ccccc3)c(C#N)c2)n1.